The molecule has 7 heteroatoms. The second-order valence-corrected chi connectivity index (χ2v) is 8.14. The second-order valence-electron chi connectivity index (χ2n) is 8.14. The van der Waals surface area contributed by atoms with Gasteiger partial charge < -0.3 is 9.64 Å². The molecule has 0 radical (unpaired) electrons. The Hall–Kier alpha value is -3.03. The predicted octanol–water partition coefficient (Wildman–Crippen LogP) is 2.55. The Morgan fingerprint density at radius 1 is 1.06 bits per heavy atom. The first-order valence-electron chi connectivity index (χ1n) is 10.6. The van der Waals surface area contributed by atoms with E-state index < -0.39 is 0 Å². The van der Waals surface area contributed by atoms with Gasteiger partial charge in [0.15, 0.2) is 0 Å². The molecule has 1 saturated heterocycles. The van der Waals surface area contributed by atoms with Gasteiger partial charge in [-0.25, -0.2) is 0 Å². The molecular formula is C24H29N5O2. The summed E-state index contributed by atoms with van der Waals surface area (Å²) in [6.45, 7) is 5.36. The molecule has 1 fully saturated rings. The van der Waals surface area contributed by atoms with E-state index in [0.29, 0.717) is 39.3 Å². The van der Waals surface area contributed by atoms with E-state index in [1.807, 2.05) is 66.3 Å². The number of ether oxygens (including phenoxy) is 1. The highest BCUT2D eigenvalue weighted by atomic mass is 16.5. The van der Waals surface area contributed by atoms with Crippen LogP contribution in [0.3, 0.4) is 0 Å². The van der Waals surface area contributed by atoms with Crippen LogP contribution in [0, 0.1) is 6.92 Å². The maximum absolute atomic E-state index is 13.1. The molecule has 1 aliphatic rings. The fourth-order valence-electron chi connectivity index (χ4n) is 3.97. The van der Waals surface area contributed by atoms with E-state index in [2.05, 4.69) is 27.1 Å². The van der Waals surface area contributed by atoms with Gasteiger partial charge in [0.1, 0.15) is 0 Å². The van der Waals surface area contributed by atoms with Crippen molar-refractivity contribution in [3.05, 3.63) is 83.4 Å². The van der Waals surface area contributed by atoms with Crippen molar-refractivity contribution in [2.45, 2.75) is 32.7 Å². The largest absolute Gasteiger partial charge is 0.370 e. The summed E-state index contributed by atoms with van der Waals surface area (Å²) >= 11 is 0. The van der Waals surface area contributed by atoms with Crippen LogP contribution in [0.4, 0.5) is 0 Å². The van der Waals surface area contributed by atoms with E-state index in [1.54, 1.807) is 6.20 Å². The Bertz CT molecular complexity index is 990. The molecule has 1 amide bonds. The van der Waals surface area contributed by atoms with Gasteiger partial charge in [0.05, 0.1) is 24.9 Å². The third kappa shape index (κ3) is 5.77. The maximum atomic E-state index is 13.1. The van der Waals surface area contributed by atoms with Crippen molar-refractivity contribution in [3.8, 4) is 0 Å². The Morgan fingerprint density at radius 3 is 2.58 bits per heavy atom. The van der Waals surface area contributed by atoms with Crippen LogP contribution >= 0.6 is 0 Å². The molecule has 0 spiro atoms. The quantitative estimate of drug-likeness (QED) is 0.589. The lowest BCUT2D eigenvalue weighted by Gasteiger charge is -2.25. The fraction of sp³-hybridized carbons (Fsp3) is 0.375. The Morgan fingerprint density at radius 2 is 1.87 bits per heavy atom. The zero-order chi connectivity index (χ0) is 21.6. The minimum absolute atomic E-state index is 0.0831. The molecule has 2 aromatic heterocycles. The summed E-state index contributed by atoms with van der Waals surface area (Å²) in [6, 6.07) is 14.1. The van der Waals surface area contributed by atoms with E-state index >= 15 is 0 Å². The minimum atomic E-state index is -0.0831. The number of amides is 1. The highest BCUT2D eigenvalue weighted by molar-refractivity contribution is 5.78. The molecule has 1 aromatic carbocycles. The van der Waals surface area contributed by atoms with Crippen molar-refractivity contribution in [1.82, 2.24) is 24.6 Å². The topological polar surface area (TPSA) is 63.5 Å². The molecule has 1 aliphatic heterocycles. The van der Waals surface area contributed by atoms with Crippen LogP contribution in [0.1, 0.15) is 22.4 Å². The summed E-state index contributed by atoms with van der Waals surface area (Å²) in [5.74, 6) is 0.108. The lowest BCUT2D eigenvalue weighted by molar-refractivity contribution is -0.132. The smallest absolute Gasteiger partial charge is 0.237 e. The van der Waals surface area contributed by atoms with E-state index in [0.717, 1.165) is 22.4 Å². The molecule has 0 saturated carbocycles. The van der Waals surface area contributed by atoms with E-state index in [9.17, 15) is 4.79 Å². The van der Waals surface area contributed by atoms with E-state index in [1.165, 1.54) is 0 Å². The first kappa shape index (κ1) is 21.2. The van der Waals surface area contributed by atoms with Gasteiger partial charge in [-0.15, -0.1) is 0 Å². The first-order valence-corrected chi connectivity index (χ1v) is 10.6. The summed E-state index contributed by atoms with van der Waals surface area (Å²) in [5.41, 5.74) is 4.28. The number of aromatic nitrogens is 3. The SMILES string of the molecule is Cc1nn(C)cc1CN1CC(=O)N(Cc2cccnc2)C[C@H](OCc2ccccc2)C1. The number of benzene rings is 1. The Kier molecular flexibility index (Phi) is 6.74. The van der Waals surface area contributed by atoms with Crippen LogP contribution in [-0.4, -0.2) is 56.2 Å². The molecule has 162 valence electrons. The molecule has 1 atom stereocenters. The van der Waals surface area contributed by atoms with Crippen molar-refractivity contribution in [1.29, 1.82) is 0 Å². The van der Waals surface area contributed by atoms with Gasteiger partial charge in [-0.2, -0.15) is 5.10 Å². The number of nitrogens with zero attached hydrogens (tertiary/aromatic N) is 5. The average Bonchev–Trinajstić information content (AvgIpc) is 3.00. The summed E-state index contributed by atoms with van der Waals surface area (Å²) in [7, 11) is 1.92. The van der Waals surface area contributed by atoms with Crippen LogP contribution < -0.4 is 0 Å². The molecule has 31 heavy (non-hydrogen) atoms. The molecule has 0 bridgehead atoms. The zero-order valence-electron chi connectivity index (χ0n) is 18.1. The van der Waals surface area contributed by atoms with Gasteiger partial charge in [0, 0.05) is 57.4 Å². The highest BCUT2D eigenvalue weighted by Gasteiger charge is 2.29. The minimum Gasteiger partial charge on any atom is -0.370 e. The fourth-order valence-corrected chi connectivity index (χ4v) is 3.97. The lowest BCUT2D eigenvalue weighted by atomic mass is 10.2. The third-order valence-electron chi connectivity index (χ3n) is 5.53. The van der Waals surface area contributed by atoms with Crippen LogP contribution in [0.2, 0.25) is 0 Å². The van der Waals surface area contributed by atoms with Gasteiger partial charge >= 0.3 is 0 Å². The first-order chi connectivity index (χ1) is 15.1. The normalized spacial score (nSPS) is 17.7. The van der Waals surface area contributed by atoms with Gasteiger partial charge in [-0.05, 0) is 24.1 Å². The standard InChI is InChI=1S/C24H29N5O2/c1-19-22(13-27(2)26-19)14-28-15-23(31-18-20-7-4-3-5-8-20)16-29(24(30)17-28)12-21-9-6-10-25-11-21/h3-11,13,23H,12,14-18H2,1-2H3/t23-/m1/s1. The number of carbonyl (C=O) groups excluding carboxylic acids is 1. The maximum Gasteiger partial charge on any atom is 0.237 e. The van der Waals surface area contributed by atoms with Crippen LogP contribution in [0.15, 0.2) is 61.1 Å². The number of pyridine rings is 1. The number of carbonyl (C=O) groups is 1. The van der Waals surface area contributed by atoms with Crippen molar-refractivity contribution >= 4 is 5.91 Å². The van der Waals surface area contributed by atoms with Crippen LogP contribution in [-0.2, 0) is 36.3 Å². The van der Waals surface area contributed by atoms with Crippen molar-refractivity contribution < 1.29 is 9.53 Å². The molecule has 3 aromatic rings. The van der Waals surface area contributed by atoms with Crippen LogP contribution in [0.5, 0.6) is 0 Å². The second kappa shape index (κ2) is 9.85. The molecule has 4 rings (SSSR count). The predicted molar refractivity (Wildman–Crippen MR) is 118 cm³/mol. The Balaban J connectivity index is 1.50. The number of hydrogen-bond acceptors (Lipinski definition) is 5. The van der Waals surface area contributed by atoms with Crippen molar-refractivity contribution in [2.24, 2.45) is 7.05 Å². The van der Waals surface area contributed by atoms with Crippen molar-refractivity contribution in [3.63, 3.8) is 0 Å². The summed E-state index contributed by atoms with van der Waals surface area (Å²) in [5, 5.41) is 4.44. The van der Waals surface area contributed by atoms with Gasteiger partial charge in [0.25, 0.3) is 0 Å². The van der Waals surface area contributed by atoms with Crippen molar-refractivity contribution in [2.75, 3.05) is 19.6 Å². The summed E-state index contributed by atoms with van der Waals surface area (Å²) in [6.07, 6.45) is 5.50. The van der Waals surface area contributed by atoms with Crippen LogP contribution in [0.25, 0.3) is 0 Å². The molecular weight excluding hydrogens is 390 g/mol. The lowest BCUT2D eigenvalue weighted by Crippen LogP contribution is -2.37. The monoisotopic (exact) mass is 419 g/mol. The van der Waals surface area contributed by atoms with E-state index in [4.69, 9.17) is 4.74 Å². The van der Waals surface area contributed by atoms with Gasteiger partial charge in [0.2, 0.25) is 5.91 Å². The summed E-state index contributed by atoms with van der Waals surface area (Å²) < 4.78 is 8.12. The molecule has 0 unspecified atom stereocenters. The molecule has 3 heterocycles. The zero-order valence-corrected chi connectivity index (χ0v) is 18.1. The molecule has 0 N–H and O–H groups in total. The number of hydrogen-bond donors (Lipinski definition) is 0. The van der Waals surface area contributed by atoms with E-state index in [-0.39, 0.29) is 12.0 Å². The molecule has 7 nitrogen and oxygen atoms in total. The number of rotatable bonds is 7. The van der Waals surface area contributed by atoms with Gasteiger partial charge in [-0.1, -0.05) is 36.4 Å². The number of aryl methyl sites for hydroxylation is 2. The Labute approximate surface area is 183 Å². The third-order valence-corrected chi connectivity index (χ3v) is 5.53. The highest BCUT2D eigenvalue weighted by Crippen LogP contribution is 2.17. The molecule has 0 aliphatic carbocycles. The summed E-state index contributed by atoms with van der Waals surface area (Å²) in [4.78, 5) is 21.4. The average molecular weight is 420 g/mol. The van der Waals surface area contributed by atoms with Gasteiger partial charge in [-0.3, -0.25) is 19.4 Å².